The van der Waals surface area contributed by atoms with Crippen LogP contribution in [-0.2, 0) is 9.59 Å². The quantitative estimate of drug-likeness (QED) is 0.746. The Morgan fingerprint density at radius 1 is 1.32 bits per heavy atom. The van der Waals surface area contributed by atoms with E-state index in [1.807, 2.05) is 0 Å². The number of hydrogen-bond donors (Lipinski definition) is 2. The van der Waals surface area contributed by atoms with Gasteiger partial charge in [0.15, 0.2) is 0 Å². The molecule has 0 aliphatic rings. The van der Waals surface area contributed by atoms with Crippen LogP contribution in [0, 0.1) is 5.82 Å². The summed E-state index contributed by atoms with van der Waals surface area (Å²) in [4.78, 5) is 21.9. The van der Waals surface area contributed by atoms with Gasteiger partial charge in [0.25, 0.3) is 0 Å². The van der Waals surface area contributed by atoms with Gasteiger partial charge in [-0.25, -0.2) is 4.39 Å². The van der Waals surface area contributed by atoms with Crippen molar-refractivity contribution >= 4 is 11.9 Å². The summed E-state index contributed by atoms with van der Waals surface area (Å²) in [5.74, 6) is -1.34. The van der Waals surface area contributed by atoms with Gasteiger partial charge in [-0.05, 0) is 37.5 Å². The summed E-state index contributed by atoms with van der Waals surface area (Å²) in [6, 6.07) is 5.82. The van der Waals surface area contributed by atoms with E-state index in [9.17, 15) is 14.0 Å². The molecule has 4 nitrogen and oxygen atoms in total. The lowest BCUT2D eigenvalue weighted by Gasteiger charge is -2.14. The monoisotopic (exact) mass is 267 g/mol. The van der Waals surface area contributed by atoms with Crippen LogP contribution >= 0.6 is 0 Å². The van der Waals surface area contributed by atoms with Crippen LogP contribution in [0.2, 0.25) is 0 Å². The highest BCUT2D eigenvalue weighted by Crippen LogP contribution is 2.13. The number of rotatable bonds is 7. The number of aliphatic carboxylic acids is 1. The Morgan fingerprint density at radius 2 is 2.00 bits per heavy atom. The van der Waals surface area contributed by atoms with Gasteiger partial charge in [0.2, 0.25) is 5.91 Å². The van der Waals surface area contributed by atoms with E-state index in [0.29, 0.717) is 18.4 Å². The molecule has 1 amide bonds. The number of carbonyl (C=O) groups excluding carboxylic acids is 1. The Balaban J connectivity index is 2.34. The fraction of sp³-hybridized carbons (Fsp3) is 0.429. The number of amides is 1. The molecule has 5 heteroatoms. The van der Waals surface area contributed by atoms with E-state index < -0.39 is 5.97 Å². The first-order chi connectivity index (χ1) is 8.99. The van der Waals surface area contributed by atoms with Gasteiger partial charge in [0.05, 0.1) is 6.04 Å². The lowest BCUT2D eigenvalue weighted by molar-refractivity contribution is -0.137. The first-order valence-corrected chi connectivity index (χ1v) is 6.25. The van der Waals surface area contributed by atoms with Crippen molar-refractivity contribution < 1.29 is 19.1 Å². The number of carboxylic acids is 1. The average Bonchev–Trinajstić information content (AvgIpc) is 2.34. The predicted octanol–water partition coefficient (Wildman–Crippen LogP) is 2.65. The standard InChI is InChI=1S/C14H18FNO3/c1-10(11-5-4-6-12(15)9-11)16-13(17)7-2-3-8-14(18)19/h4-6,9-10H,2-3,7-8H2,1H3,(H,16,17)(H,18,19)/t10-/m0/s1. The van der Waals surface area contributed by atoms with Crippen molar-refractivity contribution in [3.05, 3.63) is 35.6 Å². The highest BCUT2D eigenvalue weighted by molar-refractivity contribution is 5.76. The number of halogens is 1. The molecule has 0 radical (unpaired) electrons. The zero-order chi connectivity index (χ0) is 14.3. The van der Waals surface area contributed by atoms with Crippen LogP contribution in [0.5, 0.6) is 0 Å². The first-order valence-electron chi connectivity index (χ1n) is 6.25. The molecule has 0 aliphatic carbocycles. The van der Waals surface area contributed by atoms with E-state index in [-0.39, 0.29) is 30.6 Å². The molecule has 0 saturated heterocycles. The molecule has 0 heterocycles. The van der Waals surface area contributed by atoms with Gasteiger partial charge in [-0.3, -0.25) is 9.59 Å². The van der Waals surface area contributed by atoms with Gasteiger partial charge in [-0.15, -0.1) is 0 Å². The molecule has 2 N–H and O–H groups in total. The molecule has 19 heavy (non-hydrogen) atoms. The van der Waals surface area contributed by atoms with Gasteiger partial charge < -0.3 is 10.4 Å². The Bertz CT molecular complexity index is 448. The van der Waals surface area contributed by atoms with Crippen molar-refractivity contribution in [1.82, 2.24) is 5.32 Å². The molecular weight excluding hydrogens is 249 g/mol. The second-order valence-electron chi connectivity index (χ2n) is 4.45. The molecule has 1 aromatic carbocycles. The summed E-state index contributed by atoms with van der Waals surface area (Å²) in [5, 5.41) is 11.2. The molecule has 0 fully saturated rings. The minimum absolute atomic E-state index is 0.0761. The molecule has 0 spiro atoms. The SMILES string of the molecule is C[C@H](NC(=O)CCCCC(=O)O)c1cccc(F)c1. The summed E-state index contributed by atoms with van der Waals surface area (Å²) in [6.07, 6.45) is 1.38. The van der Waals surface area contributed by atoms with Crippen LogP contribution in [0.15, 0.2) is 24.3 Å². The van der Waals surface area contributed by atoms with Crippen molar-refractivity contribution in [2.24, 2.45) is 0 Å². The van der Waals surface area contributed by atoms with E-state index in [1.165, 1.54) is 12.1 Å². The Morgan fingerprint density at radius 3 is 2.63 bits per heavy atom. The van der Waals surface area contributed by atoms with Gasteiger partial charge in [0.1, 0.15) is 5.82 Å². The van der Waals surface area contributed by atoms with Gasteiger partial charge in [-0.2, -0.15) is 0 Å². The van der Waals surface area contributed by atoms with Gasteiger partial charge >= 0.3 is 5.97 Å². The second-order valence-corrected chi connectivity index (χ2v) is 4.45. The zero-order valence-electron chi connectivity index (χ0n) is 10.9. The van der Waals surface area contributed by atoms with Gasteiger partial charge in [0, 0.05) is 12.8 Å². The molecule has 1 rings (SSSR count). The maximum Gasteiger partial charge on any atom is 0.303 e. The van der Waals surface area contributed by atoms with E-state index in [4.69, 9.17) is 5.11 Å². The van der Waals surface area contributed by atoms with E-state index >= 15 is 0 Å². The summed E-state index contributed by atoms with van der Waals surface area (Å²) in [5.41, 5.74) is 0.707. The zero-order valence-corrected chi connectivity index (χ0v) is 10.9. The molecule has 0 aromatic heterocycles. The average molecular weight is 267 g/mol. The number of nitrogens with one attached hydrogen (secondary N) is 1. The third kappa shape index (κ3) is 5.99. The molecule has 1 atom stereocenters. The third-order valence-electron chi connectivity index (χ3n) is 2.77. The summed E-state index contributed by atoms with van der Waals surface area (Å²) >= 11 is 0. The summed E-state index contributed by atoms with van der Waals surface area (Å²) in [7, 11) is 0. The molecule has 0 bridgehead atoms. The van der Waals surface area contributed by atoms with Crippen LogP contribution in [-0.4, -0.2) is 17.0 Å². The van der Waals surface area contributed by atoms with Crippen molar-refractivity contribution in [2.75, 3.05) is 0 Å². The van der Waals surface area contributed by atoms with Crippen molar-refractivity contribution in [3.8, 4) is 0 Å². The molecule has 104 valence electrons. The van der Waals surface area contributed by atoms with Gasteiger partial charge in [-0.1, -0.05) is 12.1 Å². The third-order valence-corrected chi connectivity index (χ3v) is 2.77. The highest BCUT2D eigenvalue weighted by Gasteiger charge is 2.10. The number of hydrogen-bond acceptors (Lipinski definition) is 2. The lowest BCUT2D eigenvalue weighted by atomic mass is 10.1. The maximum absolute atomic E-state index is 13.0. The molecule has 1 aromatic rings. The highest BCUT2D eigenvalue weighted by atomic mass is 19.1. The minimum Gasteiger partial charge on any atom is -0.481 e. The molecule has 0 unspecified atom stereocenters. The van der Waals surface area contributed by atoms with Crippen LogP contribution in [0.4, 0.5) is 4.39 Å². The van der Waals surface area contributed by atoms with Crippen molar-refractivity contribution in [2.45, 2.75) is 38.6 Å². The Labute approximate surface area is 111 Å². The normalized spacial score (nSPS) is 11.9. The van der Waals surface area contributed by atoms with E-state index in [2.05, 4.69) is 5.32 Å². The smallest absolute Gasteiger partial charge is 0.303 e. The number of carbonyl (C=O) groups is 2. The fourth-order valence-corrected chi connectivity index (χ4v) is 1.73. The van der Waals surface area contributed by atoms with Crippen molar-refractivity contribution in [3.63, 3.8) is 0 Å². The number of unbranched alkanes of at least 4 members (excludes halogenated alkanes) is 1. The topological polar surface area (TPSA) is 66.4 Å². The Hall–Kier alpha value is -1.91. The largest absolute Gasteiger partial charge is 0.481 e. The predicted molar refractivity (Wildman–Crippen MR) is 69.1 cm³/mol. The summed E-state index contributed by atoms with van der Waals surface area (Å²) in [6.45, 7) is 1.78. The Kier molecular flexibility index (Phi) is 5.99. The number of benzene rings is 1. The number of carboxylic acid groups (broad SMARTS) is 1. The summed E-state index contributed by atoms with van der Waals surface area (Å²) < 4.78 is 13.0. The first kappa shape index (κ1) is 15.1. The lowest BCUT2D eigenvalue weighted by Crippen LogP contribution is -2.26. The van der Waals surface area contributed by atoms with Crippen molar-refractivity contribution in [1.29, 1.82) is 0 Å². The van der Waals surface area contributed by atoms with Crippen LogP contribution in [0.25, 0.3) is 0 Å². The minimum atomic E-state index is -0.853. The van der Waals surface area contributed by atoms with E-state index in [1.54, 1.807) is 19.1 Å². The molecule has 0 aliphatic heterocycles. The second kappa shape index (κ2) is 7.51. The van der Waals surface area contributed by atoms with Crippen LogP contribution in [0.1, 0.15) is 44.2 Å². The van der Waals surface area contributed by atoms with Crippen LogP contribution < -0.4 is 5.32 Å². The maximum atomic E-state index is 13.0. The van der Waals surface area contributed by atoms with Crippen LogP contribution in [0.3, 0.4) is 0 Å². The molecular formula is C14H18FNO3. The van der Waals surface area contributed by atoms with E-state index in [0.717, 1.165) is 0 Å². The fourth-order valence-electron chi connectivity index (χ4n) is 1.73. The molecule has 0 saturated carbocycles.